The van der Waals surface area contributed by atoms with Gasteiger partial charge in [0, 0.05) is 24.4 Å². The van der Waals surface area contributed by atoms with Crippen LogP contribution < -0.4 is 15.6 Å². The van der Waals surface area contributed by atoms with E-state index < -0.39 is 40.3 Å². The van der Waals surface area contributed by atoms with E-state index in [0.29, 0.717) is 0 Å². The highest BCUT2D eigenvalue weighted by Crippen LogP contribution is 2.31. The number of carbonyl (C=O) groups is 1. The van der Waals surface area contributed by atoms with E-state index in [1.165, 1.54) is 12.3 Å². The largest absolute Gasteiger partial charge is 0.452 e. The highest BCUT2D eigenvalue weighted by molar-refractivity contribution is 5.85. The summed E-state index contributed by atoms with van der Waals surface area (Å²) in [7, 11) is 0. The molecule has 2 heterocycles. The Morgan fingerprint density at radius 1 is 1.14 bits per heavy atom. The summed E-state index contributed by atoms with van der Waals surface area (Å²) < 4.78 is 39.1. The van der Waals surface area contributed by atoms with Crippen LogP contribution in [0, 0.1) is 11.6 Å². The number of nitrogens with zero attached hydrogens (tertiary/aromatic N) is 2. The normalized spacial score (nSPS) is 11.3. The van der Waals surface area contributed by atoms with Crippen LogP contribution in [0.15, 0.2) is 35.4 Å². The summed E-state index contributed by atoms with van der Waals surface area (Å²) in [6, 6.07) is 2.94. The molecule has 0 atom stereocenters. The topological polar surface area (TPSA) is 106 Å². The van der Waals surface area contributed by atoms with Gasteiger partial charge in [0.1, 0.15) is 11.1 Å². The molecular weight excluding hydrogens is 374 g/mol. The van der Waals surface area contributed by atoms with Crippen molar-refractivity contribution < 1.29 is 23.0 Å². The van der Waals surface area contributed by atoms with Crippen LogP contribution in [0.5, 0.6) is 11.5 Å². The molecule has 0 aliphatic carbocycles. The summed E-state index contributed by atoms with van der Waals surface area (Å²) in [5.74, 6) is -2.23. The van der Waals surface area contributed by atoms with Crippen LogP contribution in [0.2, 0.25) is 0 Å². The molecule has 146 valence electrons. The lowest BCUT2D eigenvalue weighted by atomic mass is 10.2. The number of benzene rings is 1. The lowest BCUT2D eigenvalue weighted by Crippen LogP contribution is -2.27. The molecule has 2 N–H and O–H groups in total. The Hall–Kier alpha value is -3.56. The summed E-state index contributed by atoms with van der Waals surface area (Å²) in [5.41, 5.74) is -1.36. The second kappa shape index (κ2) is 7.22. The number of hydrogen-bond donors (Lipinski definition) is 2. The van der Waals surface area contributed by atoms with Crippen molar-refractivity contribution in [1.82, 2.24) is 15.0 Å². The van der Waals surface area contributed by atoms with Crippen LogP contribution in [-0.4, -0.2) is 26.6 Å². The Kier molecular flexibility index (Phi) is 4.95. The lowest BCUT2D eigenvalue weighted by molar-refractivity contribution is 0.0635. The molecule has 0 radical (unpaired) electrons. The average Bonchev–Trinajstić information content (AvgIpc) is 2.57. The van der Waals surface area contributed by atoms with E-state index in [0.717, 1.165) is 18.3 Å². The van der Waals surface area contributed by atoms with Gasteiger partial charge in [0.15, 0.2) is 28.8 Å². The summed E-state index contributed by atoms with van der Waals surface area (Å²) in [4.78, 5) is 33.3. The third-order valence-corrected chi connectivity index (χ3v) is 3.32. The summed E-state index contributed by atoms with van der Waals surface area (Å²) in [5, 5.41) is 2.14. The highest BCUT2D eigenvalue weighted by Gasteiger charge is 2.19. The second-order valence-electron chi connectivity index (χ2n) is 6.75. The number of aromatic amines is 1. The number of pyridine rings is 1. The Labute approximate surface area is 157 Å². The highest BCUT2D eigenvalue weighted by atomic mass is 19.1. The zero-order chi connectivity index (χ0) is 20.5. The van der Waals surface area contributed by atoms with Crippen LogP contribution in [0.1, 0.15) is 20.8 Å². The van der Waals surface area contributed by atoms with Gasteiger partial charge in [-0.25, -0.2) is 23.5 Å². The molecule has 1 aromatic carbocycles. The van der Waals surface area contributed by atoms with E-state index >= 15 is 0 Å². The quantitative estimate of drug-likeness (QED) is 0.706. The Bertz CT molecular complexity index is 1110. The molecule has 0 fully saturated rings. The number of amides is 1. The van der Waals surface area contributed by atoms with Crippen molar-refractivity contribution >= 4 is 22.9 Å². The number of anilines is 1. The van der Waals surface area contributed by atoms with Crippen molar-refractivity contribution in [1.29, 1.82) is 0 Å². The molecule has 8 nitrogen and oxygen atoms in total. The summed E-state index contributed by atoms with van der Waals surface area (Å²) >= 11 is 0. The first-order valence-corrected chi connectivity index (χ1v) is 8.13. The fourth-order valence-corrected chi connectivity index (χ4v) is 2.24. The molecule has 0 aliphatic heterocycles. The first-order chi connectivity index (χ1) is 13.1. The van der Waals surface area contributed by atoms with Crippen molar-refractivity contribution in [2.24, 2.45) is 0 Å². The van der Waals surface area contributed by atoms with Gasteiger partial charge in [-0.3, -0.25) is 10.1 Å². The van der Waals surface area contributed by atoms with E-state index in [9.17, 15) is 18.4 Å². The maximum absolute atomic E-state index is 14.4. The third kappa shape index (κ3) is 4.40. The van der Waals surface area contributed by atoms with Crippen molar-refractivity contribution in [2.45, 2.75) is 26.4 Å². The maximum Gasteiger partial charge on any atom is 0.412 e. The fraction of sp³-hybridized carbons (Fsp3) is 0.222. The van der Waals surface area contributed by atoms with Crippen LogP contribution in [-0.2, 0) is 4.74 Å². The van der Waals surface area contributed by atoms with Crippen LogP contribution in [0.4, 0.5) is 19.3 Å². The van der Waals surface area contributed by atoms with E-state index in [1.807, 2.05) is 0 Å². The van der Waals surface area contributed by atoms with Crippen LogP contribution >= 0.6 is 0 Å². The first-order valence-electron chi connectivity index (χ1n) is 8.13. The van der Waals surface area contributed by atoms with Gasteiger partial charge in [0.2, 0.25) is 0 Å². The molecule has 3 aromatic rings. The van der Waals surface area contributed by atoms with Crippen LogP contribution in [0.25, 0.3) is 11.2 Å². The number of H-pyrrole nitrogens is 1. The van der Waals surface area contributed by atoms with Gasteiger partial charge in [0.25, 0.3) is 5.56 Å². The van der Waals surface area contributed by atoms with Gasteiger partial charge in [0.05, 0.1) is 11.9 Å². The number of carbonyl (C=O) groups excluding carboxylic acids is 1. The predicted molar refractivity (Wildman–Crippen MR) is 96.4 cm³/mol. The number of halogens is 2. The third-order valence-electron chi connectivity index (χ3n) is 3.32. The monoisotopic (exact) mass is 390 g/mol. The summed E-state index contributed by atoms with van der Waals surface area (Å²) in [6.07, 6.45) is 1.41. The first kappa shape index (κ1) is 19.2. The molecule has 2 aromatic heterocycles. The molecule has 0 saturated carbocycles. The van der Waals surface area contributed by atoms with E-state index in [4.69, 9.17) is 9.47 Å². The van der Waals surface area contributed by atoms with E-state index in [1.54, 1.807) is 20.8 Å². The standard InChI is InChI=1S/C18H16F2N4O4/c1-18(2,3)28-17(26)23-11-6-10(20)13(7-9(11)19)27-12-4-5-21-16-15(12)22-8-14(25)24-16/h4-8H,1-3H3,(H,23,26)(H,21,24,25). The van der Waals surface area contributed by atoms with Gasteiger partial charge in [-0.2, -0.15) is 0 Å². The Balaban J connectivity index is 1.88. The van der Waals surface area contributed by atoms with Gasteiger partial charge < -0.3 is 14.5 Å². The summed E-state index contributed by atoms with van der Waals surface area (Å²) in [6.45, 7) is 4.92. The molecular formula is C18H16F2N4O4. The van der Waals surface area contributed by atoms with Crippen molar-refractivity contribution in [2.75, 3.05) is 5.32 Å². The van der Waals surface area contributed by atoms with Gasteiger partial charge in [-0.15, -0.1) is 0 Å². The fourth-order valence-electron chi connectivity index (χ4n) is 2.24. The molecule has 0 unspecified atom stereocenters. The van der Waals surface area contributed by atoms with Gasteiger partial charge >= 0.3 is 6.09 Å². The maximum atomic E-state index is 14.4. The van der Waals surface area contributed by atoms with E-state index in [2.05, 4.69) is 20.3 Å². The number of aromatic nitrogens is 3. The number of fused-ring (bicyclic) bond motifs is 1. The molecule has 3 rings (SSSR count). The Morgan fingerprint density at radius 3 is 2.61 bits per heavy atom. The second-order valence-corrected chi connectivity index (χ2v) is 6.75. The Morgan fingerprint density at radius 2 is 1.89 bits per heavy atom. The number of hydrogen-bond acceptors (Lipinski definition) is 6. The molecule has 28 heavy (non-hydrogen) atoms. The number of rotatable bonds is 3. The molecule has 0 bridgehead atoms. The zero-order valence-corrected chi connectivity index (χ0v) is 15.2. The lowest BCUT2D eigenvalue weighted by Gasteiger charge is -2.20. The van der Waals surface area contributed by atoms with Crippen molar-refractivity contribution in [3.05, 3.63) is 52.6 Å². The number of ether oxygens (including phenoxy) is 2. The molecule has 10 heteroatoms. The number of nitrogens with one attached hydrogen (secondary N) is 2. The molecule has 0 saturated heterocycles. The molecule has 0 spiro atoms. The minimum absolute atomic E-state index is 0.0624. The SMILES string of the molecule is CC(C)(C)OC(=O)Nc1cc(F)c(Oc2ccnc3[nH]c(=O)cnc23)cc1F. The van der Waals surface area contributed by atoms with Gasteiger partial charge in [-0.05, 0) is 20.8 Å². The van der Waals surface area contributed by atoms with Crippen LogP contribution in [0.3, 0.4) is 0 Å². The van der Waals surface area contributed by atoms with Crippen molar-refractivity contribution in [3.63, 3.8) is 0 Å². The van der Waals surface area contributed by atoms with Crippen molar-refractivity contribution in [3.8, 4) is 11.5 Å². The molecule has 1 amide bonds. The minimum atomic E-state index is -0.929. The average molecular weight is 390 g/mol. The smallest absolute Gasteiger partial charge is 0.412 e. The van der Waals surface area contributed by atoms with Gasteiger partial charge in [-0.1, -0.05) is 0 Å². The minimum Gasteiger partial charge on any atom is -0.452 e. The predicted octanol–water partition coefficient (Wildman–Crippen LogP) is 3.74. The van der Waals surface area contributed by atoms with E-state index in [-0.39, 0.29) is 16.9 Å². The molecule has 0 aliphatic rings. The zero-order valence-electron chi connectivity index (χ0n) is 15.2.